The number of hydrogen-bond acceptors (Lipinski definition) is 4. The maximum atomic E-state index is 12.4. The maximum Gasteiger partial charge on any atom is 0.224 e. The molecule has 4 rings (SSSR count). The van der Waals surface area contributed by atoms with Crippen LogP contribution in [0.2, 0.25) is 0 Å². The van der Waals surface area contributed by atoms with E-state index in [1.807, 2.05) is 18.2 Å². The lowest BCUT2D eigenvalue weighted by Gasteiger charge is -2.16. The molecule has 1 aliphatic heterocycles. The third-order valence-electron chi connectivity index (χ3n) is 5.06. The monoisotopic (exact) mass is 381 g/mol. The van der Waals surface area contributed by atoms with Crippen LogP contribution in [-0.4, -0.2) is 42.1 Å². The molecule has 0 unspecified atom stereocenters. The van der Waals surface area contributed by atoms with Gasteiger partial charge in [0.1, 0.15) is 0 Å². The molecule has 0 radical (unpaired) electrons. The van der Waals surface area contributed by atoms with Gasteiger partial charge in [0, 0.05) is 25.5 Å². The van der Waals surface area contributed by atoms with Crippen LogP contribution in [0.5, 0.6) is 0 Å². The van der Waals surface area contributed by atoms with E-state index in [1.165, 1.54) is 22.9 Å². The Kier molecular flexibility index (Phi) is 5.09. The van der Waals surface area contributed by atoms with Gasteiger partial charge in [-0.1, -0.05) is 54.6 Å². The van der Waals surface area contributed by atoms with Gasteiger partial charge in [0.25, 0.3) is 0 Å². The second-order valence-electron chi connectivity index (χ2n) is 7.13. The Balaban J connectivity index is 1.35. The summed E-state index contributed by atoms with van der Waals surface area (Å²) in [4.78, 5) is 8.93. The Morgan fingerprint density at radius 2 is 1.78 bits per heavy atom. The van der Waals surface area contributed by atoms with Crippen LogP contribution in [0.4, 0.5) is 0 Å². The first-order chi connectivity index (χ1) is 13.1. The van der Waals surface area contributed by atoms with Gasteiger partial charge in [-0.2, -0.15) is 0 Å². The van der Waals surface area contributed by atoms with Crippen molar-refractivity contribution < 1.29 is 8.42 Å². The number of aromatic nitrogens is 2. The van der Waals surface area contributed by atoms with Gasteiger partial charge in [0.15, 0.2) is 0 Å². The first-order valence-corrected chi connectivity index (χ1v) is 10.8. The average Bonchev–Trinajstić information content (AvgIpc) is 3.36. The summed E-state index contributed by atoms with van der Waals surface area (Å²) < 4.78 is 24.7. The zero-order valence-electron chi connectivity index (χ0n) is 15.1. The summed E-state index contributed by atoms with van der Waals surface area (Å²) in [5.41, 5.74) is 3.68. The molecule has 1 aliphatic rings. The van der Waals surface area contributed by atoms with Gasteiger partial charge in [0.2, 0.25) is 15.0 Å². The average molecular weight is 382 g/mol. The first-order valence-electron chi connectivity index (χ1n) is 9.19. The number of sulfone groups is 1. The second kappa shape index (κ2) is 7.66. The van der Waals surface area contributed by atoms with Crippen LogP contribution in [0, 0.1) is 5.92 Å². The fraction of sp³-hybridized carbons (Fsp3) is 0.286. The third kappa shape index (κ3) is 4.28. The molecule has 5 nitrogen and oxygen atoms in total. The minimum atomic E-state index is -3.33. The highest BCUT2D eigenvalue weighted by Crippen LogP contribution is 2.24. The smallest absolute Gasteiger partial charge is 0.224 e. The lowest BCUT2D eigenvalue weighted by Crippen LogP contribution is -2.23. The summed E-state index contributed by atoms with van der Waals surface area (Å²) in [6.45, 7) is 2.59. The number of rotatable bonds is 6. The van der Waals surface area contributed by atoms with E-state index < -0.39 is 9.84 Å². The van der Waals surface area contributed by atoms with E-state index in [-0.39, 0.29) is 16.8 Å². The topological polar surface area (TPSA) is 66.1 Å². The molecule has 1 fully saturated rings. The zero-order valence-corrected chi connectivity index (χ0v) is 15.9. The van der Waals surface area contributed by atoms with Gasteiger partial charge in [-0.3, -0.25) is 4.90 Å². The van der Waals surface area contributed by atoms with Gasteiger partial charge >= 0.3 is 0 Å². The van der Waals surface area contributed by atoms with Gasteiger partial charge in [-0.15, -0.1) is 0 Å². The molecule has 6 heteroatoms. The standard InChI is InChI=1S/C21H23N3O2S/c25-27(26,21-22-11-12-23-21)16-18-10-13-24(15-18)14-17-6-8-20(9-7-17)19-4-2-1-3-5-19/h1-9,11-12,18H,10,13-16H2,(H,22,23)/t18-/m1/s1. The highest BCUT2D eigenvalue weighted by atomic mass is 32.2. The highest BCUT2D eigenvalue weighted by Gasteiger charge is 2.29. The molecule has 1 atom stereocenters. The molecule has 2 aromatic carbocycles. The minimum Gasteiger partial charge on any atom is -0.336 e. The van der Waals surface area contributed by atoms with E-state index in [2.05, 4.69) is 51.3 Å². The molecule has 0 amide bonds. The fourth-order valence-corrected chi connectivity index (χ4v) is 5.21. The first kappa shape index (κ1) is 17.9. The quantitative estimate of drug-likeness (QED) is 0.711. The van der Waals surface area contributed by atoms with E-state index in [0.717, 1.165) is 26.1 Å². The lowest BCUT2D eigenvalue weighted by molar-refractivity contribution is 0.320. The predicted molar refractivity (Wildman–Crippen MR) is 106 cm³/mol. The van der Waals surface area contributed by atoms with Crippen molar-refractivity contribution in [2.75, 3.05) is 18.8 Å². The molecule has 1 N–H and O–H groups in total. The van der Waals surface area contributed by atoms with Crippen LogP contribution < -0.4 is 0 Å². The summed E-state index contributed by atoms with van der Waals surface area (Å²) in [7, 11) is -3.33. The molecule has 3 aromatic rings. The van der Waals surface area contributed by atoms with Crippen LogP contribution in [-0.2, 0) is 16.4 Å². The van der Waals surface area contributed by atoms with E-state index in [1.54, 1.807) is 6.20 Å². The SMILES string of the molecule is O=S(=O)(C[C@@H]1CCN(Cc2ccc(-c3ccccc3)cc2)C1)c1ncc[nH]1. The molecule has 27 heavy (non-hydrogen) atoms. The van der Waals surface area contributed by atoms with Crippen LogP contribution in [0.1, 0.15) is 12.0 Å². The molecule has 1 aromatic heterocycles. The molecular weight excluding hydrogens is 358 g/mol. The van der Waals surface area contributed by atoms with E-state index in [4.69, 9.17) is 0 Å². The Morgan fingerprint density at radius 1 is 1.04 bits per heavy atom. The molecule has 1 saturated heterocycles. The summed E-state index contributed by atoms with van der Waals surface area (Å²) in [6.07, 6.45) is 3.93. The van der Waals surface area contributed by atoms with Crippen LogP contribution in [0.15, 0.2) is 72.1 Å². The summed E-state index contributed by atoms with van der Waals surface area (Å²) in [5.74, 6) is 0.313. The zero-order chi connectivity index (χ0) is 18.7. The Hall–Kier alpha value is -2.44. The van der Waals surface area contributed by atoms with Crippen molar-refractivity contribution in [3.8, 4) is 11.1 Å². The predicted octanol–water partition coefficient (Wildman–Crippen LogP) is 3.37. The van der Waals surface area contributed by atoms with Crippen LogP contribution >= 0.6 is 0 Å². The van der Waals surface area contributed by atoms with Crippen molar-refractivity contribution in [1.29, 1.82) is 0 Å². The maximum absolute atomic E-state index is 12.4. The molecular formula is C21H23N3O2S. The van der Waals surface area contributed by atoms with Crippen LogP contribution in [0.25, 0.3) is 11.1 Å². The summed E-state index contributed by atoms with van der Waals surface area (Å²) in [6, 6.07) is 19.0. The normalized spacial score (nSPS) is 18.0. The number of likely N-dealkylation sites (tertiary alicyclic amines) is 1. The Labute approximate surface area is 160 Å². The van der Waals surface area contributed by atoms with Gasteiger partial charge in [-0.25, -0.2) is 13.4 Å². The second-order valence-corrected chi connectivity index (χ2v) is 9.08. The number of imidazole rings is 1. The van der Waals surface area contributed by atoms with Crippen molar-refractivity contribution in [2.24, 2.45) is 5.92 Å². The van der Waals surface area contributed by atoms with Gasteiger partial charge in [-0.05, 0) is 35.6 Å². The van der Waals surface area contributed by atoms with Gasteiger partial charge in [0.05, 0.1) is 5.75 Å². The van der Waals surface area contributed by atoms with Crippen molar-refractivity contribution in [3.63, 3.8) is 0 Å². The van der Waals surface area contributed by atoms with Crippen LogP contribution in [0.3, 0.4) is 0 Å². The molecule has 0 saturated carbocycles. The van der Waals surface area contributed by atoms with E-state index in [0.29, 0.717) is 0 Å². The molecule has 0 bridgehead atoms. The van der Waals surface area contributed by atoms with Crippen molar-refractivity contribution in [1.82, 2.24) is 14.9 Å². The number of hydrogen-bond donors (Lipinski definition) is 1. The lowest BCUT2D eigenvalue weighted by atomic mass is 10.0. The fourth-order valence-electron chi connectivity index (χ4n) is 3.69. The van der Waals surface area contributed by atoms with Crippen molar-refractivity contribution in [2.45, 2.75) is 18.1 Å². The highest BCUT2D eigenvalue weighted by molar-refractivity contribution is 7.91. The minimum absolute atomic E-state index is 0.0810. The summed E-state index contributed by atoms with van der Waals surface area (Å²) >= 11 is 0. The number of nitrogens with zero attached hydrogens (tertiary/aromatic N) is 2. The number of nitrogens with one attached hydrogen (secondary N) is 1. The number of H-pyrrole nitrogens is 1. The van der Waals surface area contributed by atoms with Gasteiger partial charge < -0.3 is 4.98 Å². The third-order valence-corrected chi connectivity index (χ3v) is 6.78. The Morgan fingerprint density at radius 3 is 2.48 bits per heavy atom. The molecule has 2 heterocycles. The van der Waals surface area contributed by atoms with Crippen molar-refractivity contribution in [3.05, 3.63) is 72.6 Å². The van der Waals surface area contributed by atoms with E-state index >= 15 is 0 Å². The largest absolute Gasteiger partial charge is 0.336 e. The Bertz CT molecular complexity index is 968. The van der Waals surface area contributed by atoms with Crippen molar-refractivity contribution >= 4 is 9.84 Å². The molecule has 140 valence electrons. The summed E-state index contributed by atoms with van der Waals surface area (Å²) in [5, 5.41) is 0.0810. The number of benzene rings is 2. The number of aromatic amines is 1. The molecule has 0 aliphatic carbocycles. The molecule has 0 spiro atoms. The van der Waals surface area contributed by atoms with E-state index in [9.17, 15) is 8.42 Å².